The van der Waals surface area contributed by atoms with Crippen LogP contribution in [0.25, 0.3) is 0 Å². The van der Waals surface area contributed by atoms with Gasteiger partial charge >= 0.3 is 5.97 Å². The second-order valence-electron chi connectivity index (χ2n) is 6.28. The Kier molecular flexibility index (Phi) is 7.18. The number of esters is 1. The third-order valence-electron chi connectivity index (χ3n) is 4.21. The molecule has 2 aromatic carbocycles. The molecule has 0 saturated heterocycles. The number of nitrogens with two attached hydrogens (primary N) is 1. The molecule has 0 spiro atoms. The van der Waals surface area contributed by atoms with Crippen molar-refractivity contribution in [3.8, 4) is 5.75 Å². The van der Waals surface area contributed by atoms with Crippen LogP contribution in [0.1, 0.15) is 34.6 Å². The van der Waals surface area contributed by atoms with E-state index in [1.807, 2.05) is 30.3 Å². The molecule has 0 amide bonds. The van der Waals surface area contributed by atoms with E-state index in [-0.39, 0.29) is 39.3 Å². The van der Waals surface area contributed by atoms with Crippen molar-refractivity contribution in [2.75, 3.05) is 5.73 Å². The van der Waals surface area contributed by atoms with Crippen LogP contribution in [0.15, 0.2) is 53.1 Å². The second-order valence-corrected chi connectivity index (χ2v) is 7.92. The SMILES string of the molecule is CC(Oc1c(C(=O)OCc2ccccc2)ncc(Br)c1N)c1c(Cl)ccc(F)c1Cl. The van der Waals surface area contributed by atoms with Crippen molar-refractivity contribution in [2.24, 2.45) is 0 Å². The minimum Gasteiger partial charge on any atom is -0.481 e. The smallest absolute Gasteiger partial charge is 0.361 e. The number of pyridine rings is 1. The lowest BCUT2D eigenvalue weighted by atomic mass is 10.1. The lowest BCUT2D eigenvalue weighted by molar-refractivity contribution is 0.0458. The average Bonchev–Trinajstić information content (AvgIpc) is 2.73. The summed E-state index contributed by atoms with van der Waals surface area (Å²) < 4.78 is 25.5. The van der Waals surface area contributed by atoms with Gasteiger partial charge in [-0.25, -0.2) is 14.2 Å². The standard InChI is InChI=1S/C21H16BrCl2FN2O3/c1-11(16-14(23)7-8-15(25)17(16)24)30-20-18(26)13(22)9-27-19(20)21(28)29-10-12-5-3-2-4-6-12/h2-9,11H,10H2,1H3,(H2,26,27). The number of halogens is 4. The first-order valence-electron chi connectivity index (χ1n) is 8.74. The lowest BCUT2D eigenvalue weighted by Gasteiger charge is -2.21. The molecule has 1 heterocycles. The first-order chi connectivity index (χ1) is 14.3. The number of rotatable bonds is 6. The lowest BCUT2D eigenvalue weighted by Crippen LogP contribution is -2.14. The Bertz CT molecular complexity index is 1080. The summed E-state index contributed by atoms with van der Waals surface area (Å²) in [5.41, 5.74) is 7.14. The maximum absolute atomic E-state index is 13.9. The number of nitrogen functional groups attached to an aromatic ring is 1. The van der Waals surface area contributed by atoms with Gasteiger partial charge in [0, 0.05) is 16.8 Å². The van der Waals surface area contributed by atoms with Crippen LogP contribution in [-0.2, 0) is 11.3 Å². The molecule has 3 rings (SSSR count). The van der Waals surface area contributed by atoms with Gasteiger partial charge in [-0.05, 0) is 40.5 Å². The fourth-order valence-electron chi connectivity index (χ4n) is 2.69. The molecule has 156 valence electrons. The van der Waals surface area contributed by atoms with E-state index < -0.39 is 17.9 Å². The quantitative estimate of drug-likeness (QED) is 0.306. The van der Waals surface area contributed by atoms with Gasteiger partial charge in [0.15, 0.2) is 11.4 Å². The van der Waals surface area contributed by atoms with Gasteiger partial charge in [0.2, 0.25) is 0 Å². The molecular weight excluding hydrogens is 498 g/mol. The van der Waals surface area contributed by atoms with Gasteiger partial charge in [-0.1, -0.05) is 53.5 Å². The fraction of sp³-hybridized carbons (Fsp3) is 0.143. The van der Waals surface area contributed by atoms with Gasteiger partial charge in [0.1, 0.15) is 18.5 Å². The summed E-state index contributed by atoms with van der Waals surface area (Å²) in [5, 5.41) is 0.0355. The molecule has 3 aromatic rings. The molecule has 1 aromatic heterocycles. The number of carbonyl (C=O) groups excluding carboxylic acids is 1. The number of hydrogen-bond acceptors (Lipinski definition) is 5. The monoisotopic (exact) mass is 512 g/mol. The molecule has 0 aliphatic carbocycles. The zero-order chi connectivity index (χ0) is 21.8. The molecule has 0 aliphatic heterocycles. The topological polar surface area (TPSA) is 74.4 Å². The predicted molar refractivity (Wildman–Crippen MR) is 117 cm³/mol. The molecule has 30 heavy (non-hydrogen) atoms. The van der Waals surface area contributed by atoms with Crippen LogP contribution in [0.3, 0.4) is 0 Å². The van der Waals surface area contributed by atoms with E-state index in [9.17, 15) is 9.18 Å². The third kappa shape index (κ3) is 4.86. The summed E-state index contributed by atoms with van der Waals surface area (Å²) in [6, 6.07) is 11.7. The molecule has 0 fully saturated rings. The Balaban J connectivity index is 1.90. The first-order valence-corrected chi connectivity index (χ1v) is 10.3. The zero-order valence-electron chi connectivity index (χ0n) is 15.7. The Morgan fingerprint density at radius 2 is 1.93 bits per heavy atom. The van der Waals surface area contributed by atoms with E-state index in [1.54, 1.807) is 6.92 Å². The van der Waals surface area contributed by atoms with Crippen molar-refractivity contribution < 1.29 is 18.7 Å². The van der Waals surface area contributed by atoms with Gasteiger partial charge in [-0.2, -0.15) is 0 Å². The number of aromatic nitrogens is 1. The number of carbonyl (C=O) groups is 1. The van der Waals surface area contributed by atoms with E-state index >= 15 is 0 Å². The summed E-state index contributed by atoms with van der Waals surface area (Å²) in [6.45, 7) is 1.65. The van der Waals surface area contributed by atoms with Crippen molar-refractivity contribution in [1.82, 2.24) is 4.98 Å². The van der Waals surface area contributed by atoms with Gasteiger partial charge in [0.05, 0.1) is 15.2 Å². The van der Waals surface area contributed by atoms with E-state index in [4.69, 9.17) is 38.4 Å². The van der Waals surface area contributed by atoms with Crippen LogP contribution >= 0.6 is 39.1 Å². The van der Waals surface area contributed by atoms with Crippen LogP contribution in [0.5, 0.6) is 5.75 Å². The fourth-order valence-corrected chi connectivity index (χ4v) is 3.65. The molecular formula is C21H16BrCl2FN2O3. The Hall–Kier alpha value is -2.35. The van der Waals surface area contributed by atoms with Gasteiger partial charge < -0.3 is 15.2 Å². The van der Waals surface area contributed by atoms with E-state index in [1.165, 1.54) is 12.3 Å². The molecule has 1 unspecified atom stereocenters. The van der Waals surface area contributed by atoms with Crippen LogP contribution in [0.2, 0.25) is 10.0 Å². The summed E-state index contributed by atoms with van der Waals surface area (Å²) >= 11 is 15.5. The number of ether oxygens (including phenoxy) is 2. The third-order valence-corrected chi connectivity index (χ3v) is 5.56. The van der Waals surface area contributed by atoms with Crippen molar-refractivity contribution in [2.45, 2.75) is 19.6 Å². The van der Waals surface area contributed by atoms with Gasteiger partial charge in [-0.15, -0.1) is 0 Å². The highest BCUT2D eigenvalue weighted by molar-refractivity contribution is 9.10. The first kappa shape index (κ1) is 22.3. The molecule has 0 bridgehead atoms. The molecule has 5 nitrogen and oxygen atoms in total. The molecule has 9 heteroatoms. The predicted octanol–water partition coefficient (Wildman–Crippen LogP) is 6.37. The molecule has 0 saturated carbocycles. The maximum atomic E-state index is 13.9. The minimum atomic E-state index is -0.834. The number of benzene rings is 2. The van der Waals surface area contributed by atoms with Crippen LogP contribution in [0, 0.1) is 5.82 Å². The summed E-state index contributed by atoms with van der Waals surface area (Å²) in [5.74, 6) is -1.39. The average molecular weight is 514 g/mol. The molecule has 0 aliphatic rings. The van der Waals surface area contributed by atoms with Crippen molar-refractivity contribution in [1.29, 1.82) is 0 Å². The summed E-state index contributed by atoms with van der Waals surface area (Å²) in [4.78, 5) is 16.8. The number of nitrogens with zero attached hydrogens (tertiary/aromatic N) is 1. The van der Waals surface area contributed by atoms with Gasteiger partial charge in [-0.3, -0.25) is 0 Å². The van der Waals surface area contributed by atoms with E-state index in [0.717, 1.165) is 11.6 Å². The highest BCUT2D eigenvalue weighted by atomic mass is 79.9. The highest BCUT2D eigenvalue weighted by Crippen LogP contribution is 2.39. The van der Waals surface area contributed by atoms with Crippen molar-refractivity contribution in [3.63, 3.8) is 0 Å². The Labute approximate surface area is 191 Å². The van der Waals surface area contributed by atoms with E-state index in [2.05, 4.69) is 20.9 Å². The molecule has 0 radical (unpaired) electrons. The van der Waals surface area contributed by atoms with Crippen molar-refractivity contribution >= 4 is 50.8 Å². The summed E-state index contributed by atoms with van der Waals surface area (Å²) in [7, 11) is 0. The number of anilines is 1. The summed E-state index contributed by atoms with van der Waals surface area (Å²) in [6.07, 6.45) is 0.536. The highest BCUT2D eigenvalue weighted by Gasteiger charge is 2.25. The van der Waals surface area contributed by atoms with Crippen molar-refractivity contribution in [3.05, 3.63) is 85.8 Å². The van der Waals surface area contributed by atoms with Crippen LogP contribution in [-0.4, -0.2) is 11.0 Å². The minimum absolute atomic E-state index is 0.0219. The molecule has 2 N–H and O–H groups in total. The van der Waals surface area contributed by atoms with Gasteiger partial charge in [0.25, 0.3) is 0 Å². The Morgan fingerprint density at radius 3 is 2.63 bits per heavy atom. The molecule has 1 atom stereocenters. The normalized spacial score (nSPS) is 11.8. The zero-order valence-corrected chi connectivity index (χ0v) is 18.8. The maximum Gasteiger partial charge on any atom is 0.361 e. The second kappa shape index (κ2) is 9.64. The van der Waals surface area contributed by atoms with E-state index in [0.29, 0.717) is 4.47 Å². The van der Waals surface area contributed by atoms with Crippen LogP contribution in [0.4, 0.5) is 10.1 Å². The largest absolute Gasteiger partial charge is 0.481 e. The van der Waals surface area contributed by atoms with Crippen LogP contribution < -0.4 is 10.5 Å². The number of hydrogen-bond donors (Lipinski definition) is 1. The Morgan fingerprint density at radius 1 is 1.23 bits per heavy atom.